The second kappa shape index (κ2) is 6.83. The summed E-state index contributed by atoms with van der Waals surface area (Å²) in [6.07, 6.45) is 3.19. The molecule has 0 N–H and O–H groups in total. The maximum absolute atomic E-state index is 13.1. The van der Waals surface area contributed by atoms with Gasteiger partial charge in [-0.05, 0) is 44.2 Å². The molecule has 6 heteroatoms. The van der Waals surface area contributed by atoms with Gasteiger partial charge in [-0.2, -0.15) is 5.10 Å². The van der Waals surface area contributed by atoms with Gasteiger partial charge in [0.2, 0.25) is 0 Å². The van der Waals surface area contributed by atoms with E-state index >= 15 is 0 Å². The summed E-state index contributed by atoms with van der Waals surface area (Å²) >= 11 is 0. The van der Waals surface area contributed by atoms with E-state index in [0.717, 1.165) is 36.8 Å². The van der Waals surface area contributed by atoms with Gasteiger partial charge in [-0.3, -0.25) is 9.59 Å². The van der Waals surface area contributed by atoms with Gasteiger partial charge in [0.25, 0.3) is 11.5 Å². The summed E-state index contributed by atoms with van der Waals surface area (Å²) in [6, 6.07) is 9.62. The number of nitrogens with zero attached hydrogens (tertiary/aromatic N) is 4. The number of likely N-dealkylation sites (tertiary alicyclic amines) is 1. The average molecular weight is 366 g/mol. The molecular weight excluding hydrogens is 340 g/mol. The van der Waals surface area contributed by atoms with E-state index in [9.17, 15) is 9.59 Å². The van der Waals surface area contributed by atoms with Gasteiger partial charge in [-0.25, -0.2) is 4.52 Å². The van der Waals surface area contributed by atoms with Crippen molar-refractivity contribution in [3.05, 3.63) is 46.4 Å². The number of rotatable bonds is 3. The zero-order chi connectivity index (χ0) is 19.1. The maximum Gasteiger partial charge on any atom is 0.277 e. The summed E-state index contributed by atoms with van der Waals surface area (Å²) < 4.78 is 3.44. The van der Waals surface area contributed by atoms with E-state index in [1.807, 2.05) is 29.2 Å². The molecule has 3 heterocycles. The minimum absolute atomic E-state index is 0.0789. The molecule has 142 valence electrons. The second-order valence-corrected chi connectivity index (χ2v) is 7.97. The zero-order valence-electron chi connectivity index (χ0n) is 16.2. The topological polar surface area (TPSA) is 59.6 Å². The van der Waals surface area contributed by atoms with Crippen molar-refractivity contribution in [2.24, 2.45) is 5.92 Å². The molecule has 4 rings (SSSR count). The van der Waals surface area contributed by atoms with Gasteiger partial charge in [0, 0.05) is 25.2 Å². The highest BCUT2D eigenvalue weighted by molar-refractivity contribution is 5.94. The minimum atomic E-state index is -0.0966. The molecule has 6 nitrogen and oxygen atoms in total. The van der Waals surface area contributed by atoms with Gasteiger partial charge < -0.3 is 9.47 Å². The lowest BCUT2D eigenvalue weighted by Gasteiger charge is -2.32. The zero-order valence-corrected chi connectivity index (χ0v) is 16.2. The van der Waals surface area contributed by atoms with Crippen LogP contribution in [0.5, 0.6) is 0 Å². The molecule has 2 aromatic heterocycles. The third kappa shape index (κ3) is 3.03. The number of hydrogen-bond acceptors (Lipinski definition) is 3. The minimum Gasteiger partial charge on any atom is -0.335 e. The molecule has 1 fully saturated rings. The molecule has 1 amide bonds. The van der Waals surface area contributed by atoms with Crippen LogP contribution in [0, 0.1) is 5.92 Å². The van der Waals surface area contributed by atoms with Crippen LogP contribution in [0.1, 0.15) is 50.5 Å². The Morgan fingerprint density at radius 3 is 2.63 bits per heavy atom. The van der Waals surface area contributed by atoms with Crippen molar-refractivity contribution in [3.63, 3.8) is 0 Å². The number of carbonyl (C=O) groups is 1. The highest BCUT2D eigenvalue weighted by Gasteiger charge is 2.27. The first-order valence-corrected chi connectivity index (χ1v) is 9.79. The molecule has 1 saturated heterocycles. The number of amides is 1. The molecule has 0 bridgehead atoms. The average Bonchev–Trinajstić information content (AvgIpc) is 3.10. The summed E-state index contributed by atoms with van der Waals surface area (Å²) in [7, 11) is 0. The van der Waals surface area contributed by atoms with Crippen LogP contribution in [0.15, 0.2) is 35.1 Å². The van der Waals surface area contributed by atoms with E-state index in [-0.39, 0.29) is 17.5 Å². The molecule has 0 spiro atoms. The van der Waals surface area contributed by atoms with E-state index in [2.05, 4.69) is 25.9 Å². The van der Waals surface area contributed by atoms with Crippen molar-refractivity contribution in [3.8, 4) is 0 Å². The van der Waals surface area contributed by atoms with E-state index in [4.69, 9.17) is 0 Å². The Bertz CT molecular complexity index is 1060. The molecule has 1 atom stereocenters. The van der Waals surface area contributed by atoms with Crippen molar-refractivity contribution in [1.29, 1.82) is 0 Å². The predicted molar refractivity (Wildman–Crippen MR) is 106 cm³/mol. The van der Waals surface area contributed by atoms with Gasteiger partial charge >= 0.3 is 0 Å². The van der Waals surface area contributed by atoms with Crippen molar-refractivity contribution in [2.45, 2.75) is 52.6 Å². The molecule has 0 radical (unpaired) electrons. The standard InChI is InChI=1S/C21H26N4O2/c1-14(2)13-24-17-9-4-5-10-18(17)25-19(21(24)27)12-16(22-25)20(26)23-11-7-6-8-15(23)3/h4-5,9-10,12,14-15H,6-8,11,13H2,1-3H3. The van der Waals surface area contributed by atoms with Crippen LogP contribution < -0.4 is 5.56 Å². The second-order valence-electron chi connectivity index (χ2n) is 7.97. The van der Waals surface area contributed by atoms with Crippen molar-refractivity contribution >= 4 is 22.5 Å². The van der Waals surface area contributed by atoms with Crippen LogP contribution in [0.2, 0.25) is 0 Å². The summed E-state index contributed by atoms with van der Waals surface area (Å²) in [6.45, 7) is 7.65. The Hall–Kier alpha value is -2.63. The van der Waals surface area contributed by atoms with E-state index in [1.165, 1.54) is 0 Å². The summed E-state index contributed by atoms with van der Waals surface area (Å²) in [5, 5.41) is 4.54. The highest BCUT2D eigenvalue weighted by atomic mass is 16.2. The first-order valence-electron chi connectivity index (χ1n) is 9.79. The first-order chi connectivity index (χ1) is 13.0. The normalized spacial score (nSPS) is 17.9. The quantitative estimate of drug-likeness (QED) is 0.714. The molecule has 1 aromatic carbocycles. The summed E-state index contributed by atoms with van der Waals surface area (Å²) in [5.41, 5.74) is 2.41. The maximum atomic E-state index is 13.1. The third-order valence-electron chi connectivity index (χ3n) is 5.41. The van der Waals surface area contributed by atoms with Crippen LogP contribution in [-0.4, -0.2) is 37.6 Å². The Morgan fingerprint density at radius 2 is 1.93 bits per heavy atom. The lowest BCUT2D eigenvalue weighted by molar-refractivity contribution is 0.0629. The van der Waals surface area contributed by atoms with Gasteiger partial charge in [-0.15, -0.1) is 0 Å². The van der Waals surface area contributed by atoms with Gasteiger partial charge in [-0.1, -0.05) is 26.0 Å². The van der Waals surface area contributed by atoms with Crippen LogP contribution in [0.25, 0.3) is 16.6 Å². The van der Waals surface area contributed by atoms with E-state index in [0.29, 0.717) is 23.7 Å². The third-order valence-corrected chi connectivity index (χ3v) is 5.41. The lowest BCUT2D eigenvalue weighted by atomic mass is 10.0. The van der Waals surface area contributed by atoms with E-state index < -0.39 is 0 Å². The van der Waals surface area contributed by atoms with Gasteiger partial charge in [0.15, 0.2) is 5.69 Å². The fourth-order valence-corrected chi connectivity index (χ4v) is 4.03. The molecule has 0 aliphatic carbocycles. The molecular formula is C21H26N4O2. The molecule has 1 aliphatic heterocycles. The van der Waals surface area contributed by atoms with Gasteiger partial charge in [0.05, 0.1) is 11.0 Å². The van der Waals surface area contributed by atoms with Crippen LogP contribution in [0.4, 0.5) is 0 Å². The first kappa shape index (κ1) is 17.8. The largest absolute Gasteiger partial charge is 0.335 e. The molecule has 1 unspecified atom stereocenters. The number of carbonyl (C=O) groups excluding carboxylic acids is 1. The number of hydrogen-bond donors (Lipinski definition) is 0. The summed E-state index contributed by atoms with van der Waals surface area (Å²) in [4.78, 5) is 28.1. The lowest BCUT2D eigenvalue weighted by Crippen LogP contribution is -2.42. The molecule has 0 saturated carbocycles. The number of benzene rings is 1. The molecule has 3 aromatic rings. The predicted octanol–water partition coefficient (Wildman–Crippen LogP) is 3.32. The van der Waals surface area contributed by atoms with Crippen molar-refractivity contribution < 1.29 is 4.79 Å². The molecule has 1 aliphatic rings. The molecule has 27 heavy (non-hydrogen) atoms. The Balaban J connectivity index is 1.89. The van der Waals surface area contributed by atoms with E-state index in [1.54, 1.807) is 15.1 Å². The number of aromatic nitrogens is 3. The number of para-hydroxylation sites is 2. The number of piperidine rings is 1. The highest BCUT2D eigenvalue weighted by Crippen LogP contribution is 2.21. The summed E-state index contributed by atoms with van der Waals surface area (Å²) in [5.74, 6) is 0.261. The van der Waals surface area contributed by atoms with Crippen molar-refractivity contribution in [1.82, 2.24) is 19.1 Å². The van der Waals surface area contributed by atoms with Crippen LogP contribution >= 0.6 is 0 Å². The SMILES string of the molecule is CC(C)Cn1c(=O)c2cc(C(=O)N3CCCCC3C)nn2c2ccccc21. The Labute approximate surface area is 158 Å². The van der Waals surface area contributed by atoms with Gasteiger partial charge in [0.1, 0.15) is 5.52 Å². The van der Waals surface area contributed by atoms with Crippen LogP contribution in [-0.2, 0) is 6.54 Å². The fraction of sp³-hybridized carbons (Fsp3) is 0.476. The van der Waals surface area contributed by atoms with Crippen molar-refractivity contribution in [2.75, 3.05) is 6.54 Å². The Morgan fingerprint density at radius 1 is 1.19 bits per heavy atom. The number of fused-ring (bicyclic) bond motifs is 3. The smallest absolute Gasteiger partial charge is 0.277 e. The fourth-order valence-electron chi connectivity index (χ4n) is 4.03. The van der Waals surface area contributed by atoms with Crippen LogP contribution in [0.3, 0.4) is 0 Å². The Kier molecular flexibility index (Phi) is 4.50. The monoisotopic (exact) mass is 366 g/mol.